The minimum atomic E-state index is 0.641. The first-order chi connectivity index (χ1) is 16.3. The lowest BCUT2D eigenvalue weighted by Crippen LogP contribution is -2.38. The molecule has 2 saturated heterocycles. The van der Waals surface area contributed by atoms with Crippen LogP contribution in [-0.2, 0) is 9.47 Å². The third kappa shape index (κ3) is 5.14. The van der Waals surface area contributed by atoms with Crippen molar-refractivity contribution in [1.82, 2.24) is 9.80 Å². The number of ether oxygens (including phenoxy) is 4. The Morgan fingerprint density at radius 3 is 1.58 bits per heavy atom. The summed E-state index contributed by atoms with van der Waals surface area (Å²) in [7, 11) is 0. The Kier molecular flexibility index (Phi) is 7.06. The van der Waals surface area contributed by atoms with Crippen LogP contribution in [0.1, 0.15) is 11.1 Å². The van der Waals surface area contributed by atoms with E-state index in [4.69, 9.17) is 24.8 Å². The molecule has 8 nitrogen and oxygen atoms in total. The second kappa shape index (κ2) is 10.5. The Morgan fingerprint density at radius 1 is 0.697 bits per heavy atom. The second-order valence-corrected chi connectivity index (χ2v) is 8.50. The van der Waals surface area contributed by atoms with Gasteiger partial charge in [-0.05, 0) is 47.5 Å². The molecule has 0 saturated carbocycles. The van der Waals surface area contributed by atoms with E-state index in [1.807, 2.05) is 24.3 Å². The van der Waals surface area contributed by atoms with E-state index < -0.39 is 0 Å². The fraction of sp³-hybridized carbons (Fsp3) is 0.480. The Balaban J connectivity index is 1.22. The Morgan fingerprint density at radius 2 is 1.15 bits per heavy atom. The van der Waals surface area contributed by atoms with Gasteiger partial charge in [0.2, 0.25) is 0 Å². The zero-order valence-electron chi connectivity index (χ0n) is 19.0. The third-order valence-electron chi connectivity index (χ3n) is 6.47. The summed E-state index contributed by atoms with van der Waals surface area (Å²) >= 11 is 0. The molecule has 2 heterocycles. The summed E-state index contributed by atoms with van der Waals surface area (Å²) in [6, 6.07) is 12.3. The SMILES string of the molecule is NN=C1c2cc(OCCN3CCOCC3)ccc2-c2ccc(OCCN3CCOCC3)cc21. The van der Waals surface area contributed by atoms with Gasteiger partial charge >= 0.3 is 0 Å². The van der Waals surface area contributed by atoms with Crippen LogP contribution < -0.4 is 15.3 Å². The second-order valence-electron chi connectivity index (χ2n) is 8.50. The van der Waals surface area contributed by atoms with Crippen LogP contribution in [0.4, 0.5) is 0 Å². The molecule has 2 fully saturated rings. The number of hydrogen-bond donors (Lipinski definition) is 1. The topological polar surface area (TPSA) is 81.8 Å². The van der Waals surface area contributed by atoms with Crippen LogP contribution in [0.25, 0.3) is 11.1 Å². The molecule has 2 aliphatic heterocycles. The Labute approximate surface area is 194 Å². The molecule has 5 rings (SSSR count). The summed E-state index contributed by atoms with van der Waals surface area (Å²) in [5.74, 6) is 7.49. The highest BCUT2D eigenvalue weighted by atomic mass is 16.5. The van der Waals surface area contributed by atoms with Gasteiger partial charge in [0.05, 0.1) is 32.1 Å². The zero-order valence-corrected chi connectivity index (χ0v) is 19.0. The molecule has 2 aromatic carbocycles. The summed E-state index contributed by atoms with van der Waals surface area (Å²) in [6.45, 7) is 10.1. The maximum atomic E-state index is 6.04. The van der Waals surface area contributed by atoms with E-state index in [0.29, 0.717) is 13.2 Å². The Bertz CT molecular complexity index is 909. The monoisotopic (exact) mass is 452 g/mol. The van der Waals surface area contributed by atoms with Gasteiger partial charge in [0.1, 0.15) is 24.7 Å². The minimum absolute atomic E-state index is 0.641. The fourth-order valence-electron chi connectivity index (χ4n) is 4.61. The summed E-state index contributed by atoms with van der Waals surface area (Å²) in [4.78, 5) is 4.72. The zero-order chi connectivity index (χ0) is 22.5. The molecule has 0 unspecified atom stereocenters. The van der Waals surface area contributed by atoms with Crippen LogP contribution in [0.15, 0.2) is 41.5 Å². The number of morpholine rings is 2. The first-order valence-electron chi connectivity index (χ1n) is 11.7. The highest BCUT2D eigenvalue weighted by Gasteiger charge is 2.26. The van der Waals surface area contributed by atoms with Crippen LogP contribution in [-0.4, -0.2) is 94.4 Å². The molecular weight excluding hydrogens is 420 g/mol. The summed E-state index contributed by atoms with van der Waals surface area (Å²) < 4.78 is 22.9. The number of benzene rings is 2. The molecular formula is C25H32N4O4. The van der Waals surface area contributed by atoms with Gasteiger partial charge in [-0.25, -0.2) is 0 Å². The van der Waals surface area contributed by atoms with Crippen LogP contribution >= 0.6 is 0 Å². The van der Waals surface area contributed by atoms with Crippen molar-refractivity contribution in [1.29, 1.82) is 0 Å². The largest absolute Gasteiger partial charge is 0.492 e. The molecule has 0 atom stereocenters. The Hall–Kier alpha value is -2.65. The van der Waals surface area contributed by atoms with Gasteiger partial charge in [-0.15, -0.1) is 0 Å². The van der Waals surface area contributed by atoms with E-state index in [9.17, 15) is 0 Å². The highest BCUT2D eigenvalue weighted by Crippen LogP contribution is 2.40. The van der Waals surface area contributed by atoms with Crippen molar-refractivity contribution < 1.29 is 18.9 Å². The van der Waals surface area contributed by atoms with Gasteiger partial charge in [0.15, 0.2) is 0 Å². The van der Waals surface area contributed by atoms with Crippen LogP contribution in [0.2, 0.25) is 0 Å². The predicted molar refractivity (Wildman–Crippen MR) is 127 cm³/mol. The van der Waals surface area contributed by atoms with Gasteiger partial charge in [0, 0.05) is 50.4 Å². The van der Waals surface area contributed by atoms with Gasteiger partial charge in [0.25, 0.3) is 0 Å². The van der Waals surface area contributed by atoms with E-state index in [-0.39, 0.29) is 0 Å². The quantitative estimate of drug-likeness (QED) is 0.412. The molecule has 1 aliphatic carbocycles. The fourth-order valence-corrected chi connectivity index (χ4v) is 4.61. The van der Waals surface area contributed by atoms with Crippen molar-refractivity contribution in [3.05, 3.63) is 47.5 Å². The number of hydrazone groups is 1. The maximum Gasteiger partial charge on any atom is 0.120 e. The van der Waals surface area contributed by atoms with Crippen LogP contribution in [0, 0.1) is 0 Å². The number of hydrogen-bond acceptors (Lipinski definition) is 8. The normalized spacial score (nSPS) is 18.6. The van der Waals surface area contributed by atoms with E-state index in [1.165, 1.54) is 0 Å². The minimum Gasteiger partial charge on any atom is -0.492 e. The van der Waals surface area contributed by atoms with E-state index >= 15 is 0 Å². The van der Waals surface area contributed by atoms with Crippen molar-refractivity contribution in [2.24, 2.45) is 10.9 Å². The third-order valence-corrected chi connectivity index (χ3v) is 6.47. The van der Waals surface area contributed by atoms with Crippen LogP contribution in [0.5, 0.6) is 11.5 Å². The summed E-state index contributed by atoms with van der Waals surface area (Å²) in [5.41, 5.74) is 5.02. The number of fused-ring (bicyclic) bond motifs is 3. The molecule has 2 aromatic rings. The number of rotatable bonds is 8. The number of nitrogens with two attached hydrogens (primary N) is 1. The van der Waals surface area contributed by atoms with Crippen molar-refractivity contribution in [2.75, 3.05) is 78.9 Å². The molecule has 0 amide bonds. The average molecular weight is 453 g/mol. The first kappa shape index (κ1) is 22.2. The van der Waals surface area contributed by atoms with E-state index in [2.05, 4.69) is 27.0 Å². The smallest absolute Gasteiger partial charge is 0.120 e. The summed E-state index contributed by atoms with van der Waals surface area (Å²) in [5, 5.41) is 4.12. The maximum absolute atomic E-state index is 6.04. The van der Waals surface area contributed by atoms with Crippen molar-refractivity contribution >= 4 is 5.71 Å². The average Bonchev–Trinajstić information content (AvgIpc) is 3.17. The lowest BCUT2D eigenvalue weighted by atomic mass is 10.1. The summed E-state index contributed by atoms with van der Waals surface area (Å²) in [6.07, 6.45) is 0. The van der Waals surface area contributed by atoms with Gasteiger partial charge < -0.3 is 24.8 Å². The van der Waals surface area contributed by atoms with Gasteiger partial charge in [-0.2, -0.15) is 5.10 Å². The highest BCUT2D eigenvalue weighted by molar-refractivity contribution is 6.24. The molecule has 0 spiro atoms. The molecule has 0 bridgehead atoms. The van der Waals surface area contributed by atoms with Gasteiger partial charge in [-0.3, -0.25) is 9.80 Å². The van der Waals surface area contributed by atoms with E-state index in [0.717, 1.165) is 105 Å². The van der Waals surface area contributed by atoms with Crippen LogP contribution in [0.3, 0.4) is 0 Å². The first-order valence-corrected chi connectivity index (χ1v) is 11.7. The molecule has 0 aromatic heterocycles. The molecule has 3 aliphatic rings. The predicted octanol–water partition coefficient (Wildman–Crippen LogP) is 1.80. The van der Waals surface area contributed by atoms with Crippen molar-refractivity contribution in [3.8, 4) is 22.6 Å². The molecule has 8 heteroatoms. The van der Waals surface area contributed by atoms with Crippen molar-refractivity contribution in [3.63, 3.8) is 0 Å². The number of nitrogens with zero attached hydrogens (tertiary/aromatic N) is 3. The molecule has 0 radical (unpaired) electrons. The van der Waals surface area contributed by atoms with E-state index in [1.54, 1.807) is 0 Å². The van der Waals surface area contributed by atoms with Gasteiger partial charge in [-0.1, -0.05) is 0 Å². The lowest BCUT2D eigenvalue weighted by molar-refractivity contribution is 0.0321. The lowest BCUT2D eigenvalue weighted by Gasteiger charge is -2.26. The standard InChI is InChI=1S/C25H32N4O4/c26-27-25-23-17-19(32-15-9-28-5-11-30-12-6-28)1-3-21(23)22-4-2-20(18-24(22)25)33-16-10-29-7-13-31-14-8-29/h1-4,17-18H,5-16,26H2. The molecule has 176 valence electrons. The molecule has 2 N–H and O–H groups in total. The van der Waals surface area contributed by atoms with Crippen molar-refractivity contribution in [2.45, 2.75) is 0 Å². The molecule has 33 heavy (non-hydrogen) atoms.